The van der Waals surface area contributed by atoms with Gasteiger partial charge >= 0.3 is 12.1 Å². The summed E-state index contributed by atoms with van der Waals surface area (Å²) in [5.74, 6) is 0.836. The van der Waals surface area contributed by atoms with Gasteiger partial charge in [-0.15, -0.1) is 11.3 Å². The van der Waals surface area contributed by atoms with Gasteiger partial charge in [-0.2, -0.15) is 0 Å². The highest BCUT2D eigenvalue weighted by Gasteiger charge is 2.28. The second-order valence-electron chi connectivity index (χ2n) is 8.97. The second-order valence-corrected chi connectivity index (χ2v) is 9.97. The molecule has 8 nitrogen and oxygen atoms in total. The molecule has 0 radical (unpaired) electrons. The summed E-state index contributed by atoms with van der Waals surface area (Å²) in [6.07, 6.45) is 3.29. The summed E-state index contributed by atoms with van der Waals surface area (Å²) in [6, 6.07) is 0. The maximum absolute atomic E-state index is 12.4. The minimum absolute atomic E-state index is 0.304. The van der Waals surface area contributed by atoms with Crippen molar-refractivity contribution in [1.82, 2.24) is 14.9 Å². The van der Waals surface area contributed by atoms with Crippen molar-refractivity contribution in [3.63, 3.8) is 0 Å². The van der Waals surface area contributed by atoms with E-state index in [9.17, 15) is 9.59 Å². The number of fused-ring (bicyclic) bond motifs is 1. The van der Waals surface area contributed by atoms with E-state index in [4.69, 9.17) is 9.47 Å². The summed E-state index contributed by atoms with van der Waals surface area (Å²) < 4.78 is 10.7. The lowest BCUT2D eigenvalue weighted by atomic mass is 9.97. The molecule has 2 aromatic heterocycles. The van der Waals surface area contributed by atoms with Gasteiger partial charge in [0.25, 0.3) is 0 Å². The first kappa shape index (κ1) is 23.2. The number of piperidine rings is 1. The fourth-order valence-electron chi connectivity index (χ4n) is 3.89. The van der Waals surface area contributed by atoms with Crippen molar-refractivity contribution in [2.24, 2.45) is 5.92 Å². The number of hydrogen-bond donors (Lipinski definition) is 0. The van der Waals surface area contributed by atoms with Crippen LogP contribution >= 0.6 is 11.3 Å². The molecule has 1 aliphatic heterocycles. The Morgan fingerprint density at radius 1 is 1.32 bits per heavy atom. The second kappa shape index (κ2) is 9.38. The molecule has 9 heteroatoms. The van der Waals surface area contributed by atoms with Gasteiger partial charge in [0.05, 0.1) is 12.0 Å². The number of rotatable bonds is 5. The van der Waals surface area contributed by atoms with Crippen molar-refractivity contribution in [3.05, 3.63) is 16.8 Å². The third-order valence-corrected chi connectivity index (χ3v) is 6.40. The van der Waals surface area contributed by atoms with Crippen LogP contribution in [0, 0.1) is 12.8 Å². The fraction of sp³-hybridized carbons (Fsp3) is 0.636. The van der Waals surface area contributed by atoms with Crippen molar-refractivity contribution >= 4 is 39.4 Å². The molecule has 1 aliphatic rings. The van der Waals surface area contributed by atoms with Gasteiger partial charge in [-0.1, -0.05) is 0 Å². The molecule has 0 saturated carbocycles. The predicted molar refractivity (Wildman–Crippen MR) is 122 cm³/mol. The molecule has 0 spiro atoms. The van der Waals surface area contributed by atoms with E-state index in [1.807, 2.05) is 27.7 Å². The first-order valence-corrected chi connectivity index (χ1v) is 11.5. The van der Waals surface area contributed by atoms with Crippen LogP contribution in [-0.2, 0) is 9.47 Å². The number of anilines is 1. The number of thiophene rings is 1. The summed E-state index contributed by atoms with van der Waals surface area (Å²) in [4.78, 5) is 38.9. The number of esters is 1. The number of aryl methyl sites for hydroxylation is 1. The minimum Gasteiger partial charge on any atom is -0.462 e. The van der Waals surface area contributed by atoms with E-state index in [1.165, 1.54) is 11.3 Å². The van der Waals surface area contributed by atoms with Crippen molar-refractivity contribution in [1.29, 1.82) is 0 Å². The lowest BCUT2D eigenvalue weighted by Crippen LogP contribution is -2.43. The molecular formula is C22H32N4O4S. The predicted octanol–water partition coefficient (Wildman–Crippen LogP) is 4.26. The smallest absolute Gasteiger partial charge is 0.410 e. The van der Waals surface area contributed by atoms with Crippen LogP contribution in [0.1, 0.15) is 55.8 Å². The van der Waals surface area contributed by atoms with Crippen molar-refractivity contribution < 1.29 is 19.1 Å². The Morgan fingerprint density at radius 2 is 2.06 bits per heavy atom. The summed E-state index contributed by atoms with van der Waals surface area (Å²) >= 11 is 1.35. The van der Waals surface area contributed by atoms with Crippen LogP contribution in [-0.4, -0.2) is 65.8 Å². The van der Waals surface area contributed by atoms with E-state index >= 15 is 0 Å². The number of carbonyl (C=O) groups excluding carboxylic acids is 2. The zero-order chi connectivity index (χ0) is 22.8. The Bertz CT molecular complexity index is 953. The third-order valence-electron chi connectivity index (χ3n) is 5.22. The van der Waals surface area contributed by atoms with Crippen molar-refractivity contribution in [2.45, 2.75) is 53.1 Å². The molecule has 0 aliphatic carbocycles. The molecule has 0 bridgehead atoms. The number of carbonyl (C=O) groups is 2. The molecule has 1 amide bonds. The lowest BCUT2D eigenvalue weighted by Gasteiger charge is -2.36. The van der Waals surface area contributed by atoms with Crippen LogP contribution in [0.3, 0.4) is 0 Å². The molecule has 2 aromatic rings. The van der Waals surface area contributed by atoms with E-state index in [1.54, 1.807) is 25.2 Å². The van der Waals surface area contributed by atoms with Crippen molar-refractivity contribution in [2.75, 3.05) is 38.2 Å². The summed E-state index contributed by atoms with van der Waals surface area (Å²) in [5.41, 5.74) is 0.353. The van der Waals surface area contributed by atoms with Crippen LogP contribution in [0.25, 0.3) is 10.2 Å². The summed E-state index contributed by atoms with van der Waals surface area (Å²) in [7, 11) is 1.78. The maximum atomic E-state index is 12.4. The summed E-state index contributed by atoms with van der Waals surface area (Å²) in [6.45, 7) is 12.0. The standard InChI is InChI=1S/C22H32N4O4S/c1-7-29-20(27)17-14(2)16-18(23-13-24-19(16)31-17)26-10-8-9-15(12-26)11-25(6)21(28)30-22(3,4)5/h13,15H,7-12H2,1-6H3. The fourth-order valence-corrected chi connectivity index (χ4v) is 4.93. The van der Waals surface area contributed by atoms with Gasteiger partial charge in [-0.05, 0) is 58.9 Å². The SMILES string of the molecule is CCOC(=O)c1sc2ncnc(N3CCCC(CN(C)C(=O)OC(C)(C)C)C3)c2c1C. The first-order chi connectivity index (χ1) is 14.6. The zero-order valence-corrected chi connectivity index (χ0v) is 20.0. The molecule has 0 N–H and O–H groups in total. The molecule has 3 rings (SSSR count). The van der Waals surface area contributed by atoms with Crippen LogP contribution < -0.4 is 4.90 Å². The molecule has 1 saturated heterocycles. The largest absolute Gasteiger partial charge is 0.462 e. The molecule has 1 atom stereocenters. The van der Waals surface area contributed by atoms with E-state index in [0.717, 1.165) is 47.5 Å². The molecule has 1 fully saturated rings. The average Bonchev–Trinajstić information content (AvgIpc) is 3.04. The number of nitrogens with zero attached hydrogens (tertiary/aromatic N) is 4. The number of amides is 1. The highest BCUT2D eigenvalue weighted by molar-refractivity contribution is 7.20. The minimum atomic E-state index is -0.510. The topological polar surface area (TPSA) is 84.9 Å². The Balaban J connectivity index is 1.78. The highest BCUT2D eigenvalue weighted by atomic mass is 32.1. The van der Waals surface area contributed by atoms with E-state index in [0.29, 0.717) is 23.9 Å². The van der Waals surface area contributed by atoms with Gasteiger partial charge in [-0.3, -0.25) is 0 Å². The first-order valence-electron chi connectivity index (χ1n) is 10.7. The molecule has 1 unspecified atom stereocenters. The zero-order valence-electron chi connectivity index (χ0n) is 19.2. The van der Waals surface area contributed by atoms with Crippen LogP contribution in [0.2, 0.25) is 0 Å². The number of hydrogen-bond acceptors (Lipinski definition) is 8. The lowest BCUT2D eigenvalue weighted by molar-refractivity contribution is 0.0269. The molecule has 170 valence electrons. The summed E-state index contributed by atoms with van der Waals surface area (Å²) in [5, 5.41) is 0.914. The van der Waals surface area contributed by atoms with E-state index < -0.39 is 5.60 Å². The van der Waals surface area contributed by atoms with Gasteiger partial charge in [-0.25, -0.2) is 19.6 Å². The van der Waals surface area contributed by atoms with E-state index in [-0.39, 0.29) is 12.1 Å². The Morgan fingerprint density at radius 3 is 2.74 bits per heavy atom. The maximum Gasteiger partial charge on any atom is 0.410 e. The Labute approximate surface area is 187 Å². The Kier molecular flexibility index (Phi) is 7.03. The van der Waals surface area contributed by atoms with Gasteiger partial charge in [0.1, 0.15) is 27.5 Å². The van der Waals surface area contributed by atoms with Gasteiger partial charge in [0.2, 0.25) is 0 Å². The highest BCUT2D eigenvalue weighted by Crippen LogP contribution is 2.36. The third kappa shape index (κ3) is 5.44. The van der Waals surface area contributed by atoms with Crippen LogP contribution in [0.15, 0.2) is 6.33 Å². The Hall–Kier alpha value is -2.42. The molecule has 0 aromatic carbocycles. The molecule has 3 heterocycles. The normalized spacial score (nSPS) is 17.0. The van der Waals surface area contributed by atoms with Crippen LogP contribution in [0.5, 0.6) is 0 Å². The van der Waals surface area contributed by atoms with Gasteiger partial charge < -0.3 is 19.3 Å². The van der Waals surface area contributed by atoms with Gasteiger partial charge in [0, 0.05) is 26.7 Å². The number of ether oxygens (including phenoxy) is 2. The van der Waals surface area contributed by atoms with Gasteiger partial charge in [0.15, 0.2) is 0 Å². The average molecular weight is 449 g/mol. The van der Waals surface area contributed by atoms with Crippen molar-refractivity contribution in [3.8, 4) is 0 Å². The molecular weight excluding hydrogens is 416 g/mol. The molecule has 31 heavy (non-hydrogen) atoms. The van der Waals surface area contributed by atoms with Crippen LogP contribution in [0.4, 0.5) is 10.6 Å². The monoisotopic (exact) mass is 448 g/mol. The quantitative estimate of drug-likeness (QED) is 0.632. The number of aromatic nitrogens is 2. The van der Waals surface area contributed by atoms with E-state index in [2.05, 4.69) is 14.9 Å².